The number of aromatic nitrogens is 3. The average Bonchev–Trinajstić information content (AvgIpc) is 4.21. The number of hydrogen-bond acceptors (Lipinski definition) is 0. The summed E-state index contributed by atoms with van der Waals surface area (Å²) in [5.74, 6) is 0. The minimum absolute atomic E-state index is 0.466. The van der Waals surface area contributed by atoms with Crippen LogP contribution in [0.2, 0.25) is 0 Å². The van der Waals surface area contributed by atoms with Crippen molar-refractivity contribution in [3.05, 3.63) is 272 Å². The van der Waals surface area contributed by atoms with Crippen molar-refractivity contribution in [1.29, 1.82) is 0 Å². The molecule has 0 aliphatic heterocycles. The van der Waals surface area contributed by atoms with E-state index in [0.29, 0.717) is 0 Å². The second kappa shape index (κ2) is 14.9. The first-order valence-corrected chi connectivity index (χ1v) is 24.7. The van der Waals surface area contributed by atoms with Gasteiger partial charge in [-0.15, -0.1) is 0 Å². The first kappa shape index (κ1) is 39.8. The molecule has 0 fully saturated rings. The molecule has 2 aliphatic rings. The highest BCUT2D eigenvalue weighted by Gasteiger charge is 2.51. The van der Waals surface area contributed by atoms with Crippen LogP contribution in [0.25, 0.3) is 116 Å². The number of hydrogen-bond donors (Lipinski definition) is 0. The van der Waals surface area contributed by atoms with Gasteiger partial charge in [-0.2, -0.15) is 0 Å². The second-order valence-corrected chi connectivity index (χ2v) is 19.2. The molecule has 0 amide bonds. The Hall–Kier alpha value is -9.18. The monoisotopic (exact) mass is 903 g/mol. The minimum atomic E-state index is -0.466. The van der Waals surface area contributed by atoms with E-state index in [1.54, 1.807) is 0 Å². The number of nitrogens with zero attached hydrogens (tertiary/aromatic N) is 3. The van der Waals surface area contributed by atoms with E-state index < -0.39 is 5.41 Å². The van der Waals surface area contributed by atoms with E-state index in [9.17, 15) is 0 Å². The van der Waals surface area contributed by atoms with E-state index in [4.69, 9.17) is 0 Å². The Morgan fingerprint density at radius 3 is 1.51 bits per heavy atom. The molecule has 0 bridgehead atoms. The highest BCUT2D eigenvalue weighted by Crippen LogP contribution is 2.63. The largest absolute Gasteiger partial charge is 0.309 e. The van der Waals surface area contributed by atoms with Crippen LogP contribution in [0.3, 0.4) is 0 Å². The molecule has 332 valence electrons. The van der Waals surface area contributed by atoms with Gasteiger partial charge >= 0.3 is 0 Å². The molecule has 2 aliphatic carbocycles. The van der Waals surface area contributed by atoms with Crippen LogP contribution in [0, 0.1) is 0 Å². The Kier molecular flexibility index (Phi) is 8.35. The van der Waals surface area contributed by atoms with Crippen LogP contribution in [0.15, 0.2) is 249 Å². The molecule has 0 saturated heterocycles. The molecule has 0 atom stereocenters. The summed E-state index contributed by atoms with van der Waals surface area (Å²) in [6.45, 7) is 6.30. The van der Waals surface area contributed by atoms with Gasteiger partial charge in [-0.05, 0) is 154 Å². The summed E-state index contributed by atoms with van der Waals surface area (Å²) >= 11 is 0. The predicted molar refractivity (Wildman–Crippen MR) is 299 cm³/mol. The molecule has 3 heteroatoms. The lowest BCUT2D eigenvalue weighted by Gasteiger charge is -2.30. The zero-order chi connectivity index (χ0) is 47.0. The summed E-state index contributed by atoms with van der Waals surface area (Å²) in [6.07, 6.45) is 8.25. The first-order chi connectivity index (χ1) is 35.1. The number of fused-ring (bicyclic) bond motifs is 19. The van der Waals surface area contributed by atoms with Crippen molar-refractivity contribution in [2.45, 2.75) is 12.3 Å². The van der Waals surface area contributed by atoms with Crippen LogP contribution < -0.4 is 0 Å². The summed E-state index contributed by atoms with van der Waals surface area (Å²) in [5, 5.41) is 7.36. The lowest BCUT2D eigenvalue weighted by atomic mass is 9.70. The van der Waals surface area contributed by atoms with Gasteiger partial charge in [-0.1, -0.05) is 158 Å². The maximum Gasteiger partial charge on any atom is 0.0726 e. The molecule has 0 unspecified atom stereocenters. The molecule has 0 N–H and O–H groups in total. The topological polar surface area (TPSA) is 14.8 Å². The van der Waals surface area contributed by atoms with Gasteiger partial charge in [0.1, 0.15) is 0 Å². The van der Waals surface area contributed by atoms with Crippen molar-refractivity contribution in [2.24, 2.45) is 0 Å². The fourth-order valence-corrected chi connectivity index (χ4v) is 12.9. The van der Waals surface area contributed by atoms with E-state index in [2.05, 4.69) is 264 Å². The maximum absolute atomic E-state index is 4.25. The van der Waals surface area contributed by atoms with Crippen molar-refractivity contribution < 1.29 is 0 Å². The summed E-state index contributed by atoms with van der Waals surface area (Å²) < 4.78 is 7.27. The Balaban J connectivity index is 1.02. The molecule has 3 nitrogen and oxygen atoms in total. The molecular weight excluding hydrogens is 859 g/mol. The maximum atomic E-state index is 4.25. The quantitative estimate of drug-likeness (QED) is 0.148. The van der Waals surface area contributed by atoms with Crippen molar-refractivity contribution in [3.8, 4) is 44.8 Å². The fourth-order valence-electron chi connectivity index (χ4n) is 12.9. The molecule has 3 aromatic heterocycles. The molecule has 15 rings (SSSR count). The van der Waals surface area contributed by atoms with Gasteiger partial charge in [0, 0.05) is 49.4 Å². The zero-order valence-electron chi connectivity index (χ0n) is 39.1. The molecular formula is C68H45N3. The van der Waals surface area contributed by atoms with Gasteiger partial charge < -0.3 is 13.7 Å². The molecule has 0 saturated carbocycles. The number of rotatable bonds is 6. The lowest BCUT2D eigenvalue weighted by Crippen LogP contribution is -2.25. The van der Waals surface area contributed by atoms with Crippen molar-refractivity contribution in [3.63, 3.8) is 0 Å². The molecule has 0 radical (unpaired) electrons. The van der Waals surface area contributed by atoms with E-state index in [0.717, 1.165) is 28.1 Å². The van der Waals surface area contributed by atoms with Gasteiger partial charge in [-0.25, -0.2) is 0 Å². The number of benzene rings is 10. The SMILES string of the molecule is C=C/C(=C\C=C/C)n1c2ccccc2c2cc(-n3c4ccc(-c5ccc6c(c5)c5ccccc5n6-c5ccccc5)cc4c4cc5c(cc43)C3(c4ccccc4-c4ccccc43)c3ccccc3-5)ccc21. The number of para-hydroxylation sites is 3. The molecule has 3 heterocycles. The van der Waals surface area contributed by atoms with Crippen LogP contribution in [0.1, 0.15) is 29.2 Å². The highest BCUT2D eigenvalue weighted by molar-refractivity contribution is 6.16. The lowest BCUT2D eigenvalue weighted by molar-refractivity contribution is 0.794. The Labute approximate surface area is 411 Å². The molecule has 1 spiro atoms. The van der Waals surface area contributed by atoms with Gasteiger partial charge in [0.2, 0.25) is 0 Å². The van der Waals surface area contributed by atoms with Gasteiger partial charge in [0.25, 0.3) is 0 Å². The molecule has 10 aromatic carbocycles. The summed E-state index contributed by atoms with van der Waals surface area (Å²) in [6, 6.07) is 81.9. The third-order valence-electron chi connectivity index (χ3n) is 15.7. The van der Waals surface area contributed by atoms with Crippen LogP contribution in [0.4, 0.5) is 0 Å². The van der Waals surface area contributed by atoms with Gasteiger partial charge in [0.05, 0.1) is 38.5 Å². The van der Waals surface area contributed by atoms with Crippen molar-refractivity contribution in [1.82, 2.24) is 13.7 Å². The summed E-state index contributed by atoms with van der Waals surface area (Å²) in [7, 11) is 0. The minimum Gasteiger partial charge on any atom is -0.309 e. The van der Waals surface area contributed by atoms with Gasteiger partial charge in [-0.3, -0.25) is 0 Å². The van der Waals surface area contributed by atoms with E-state index in [1.165, 1.54) is 110 Å². The van der Waals surface area contributed by atoms with E-state index in [1.807, 2.05) is 6.08 Å². The average molecular weight is 904 g/mol. The van der Waals surface area contributed by atoms with Crippen molar-refractivity contribution >= 4 is 71.1 Å². The standard InChI is InChI=1S/C68H45N3/c1-3-5-19-45(4-2)69-62-30-17-13-26-52(62)56-40-47(34-37-66(56)69)71-65-36-33-44(43-32-35-64-54(38-43)51-25-12-18-31-63(51)70(64)46-20-7-6-8-21-46)39-55(65)57-41-53-50-24-11-16-29-60(50)68(61(53)42-67(57)71)58-27-14-9-22-48(58)49-23-10-15-28-59(49)68/h3-42H,2H2,1H3/b5-3-,45-19+. The first-order valence-electron chi connectivity index (χ1n) is 24.7. The molecule has 13 aromatic rings. The molecule has 71 heavy (non-hydrogen) atoms. The fraction of sp³-hybridized carbons (Fsp3) is 0.0294. The van der Waals surface area contributed by atoms with Crippen LogP contribution in [-0.2, 0) is 5.41 Å². The van der Waals surface area contributed by atoms with E-state index in [-0.39, 0.29) is 0 Å². The van der Waals surface area contributed by atoms with Gasteiger partial charge in [0.15, 0.2) is 0 Å². The van der Waals surface area contributed by atoms with E-state index >= 15 is 0 Å². The zero-order valence-corrected chi connectivity index (χ0v) is 39.1. The van der Waals surface area contributed by atoms with Crippen molar-refractivity contribution in [2.75, 3.05) is 0 Å². The third kappa shape index (κ3) is 5.32. The predicted octanol–water partition coefficient (Wildman–Crippen LogP) is 17.6. The highest BCUT2D eigenvalue weighted by atomic mass is 15.0. The number of allylic oxidation sites excluding steroid dienone is 5. The Morgan fingerprint density at radius 2 is 0.859 bits per heavy atom. The Morgan fingerprint density at radius 1 is 0.380 bits per heavy atom. The Bertz CT molecular complexity index is 4440. The smallest absolute Gasteiger partial charge is 0.0726 e. The van der Waals surface area contributed by atoms with Crippen LogP contribution in [-0.4, -0.2) is 13.7 Å². The summed E-state index contributed by atoms with van der Waals surface area (Å²) in [5.41, 5.74) is 22.9. The normalized spacial score (nSPS) is 13.6. The summed E-state index contributed by atoms with van der Waals surface area (Å²) in [4.78, 5) is 0. The third-order valence-corrected chi connectivity index (χ3v) is 15.7. The van der Waals surface area contributed by atoms with Crippen LogP contribution >= 0.6 is 0 Å². The van der Waals surface area contributed by atoms with Crippen LogP contribution in [0.5, 0.6) is 0 Å². The second-order valence-electron chi connectivity index (χ2n) is 19.2.